The normalized spacial score (nSPS) is 17.5. The fourth-order valence-corrected chi connectivity index (χ4v) is 3.01. The number of halogens is 3. The summed E-state index contributed by atoms with van der Waals surface area (Å²) in [6.07, 6.45) is -2.80. The molecule has 0 aliphatic carbocycles. The Balaban J connectivity index is 1.87. The van der Waals surface area contributed by atoms with E-state index in [1.807, 2.05) is 0 Å². The van der Waals surface area contributed by atoms with E-state index >= 15 is 0 Å². The summed E-state index contributed by atoms with van der Waals surface area (Å²) in [5.41, 5.74) is 0.0318. The van der Waals surface area contributed by atoms with E-state index in [1.165, 1.54) is 27.9 Å². The van der Waals surface area contributed by atoms with Crippen LogP contribution in [0.4, 0.5) is 13.2 Å². The third kappa shape index (κ3) is 3.29. The molecule has 1 amide bonds. The molecule has 0 unspecified atom stereocenters. The highest BCUT2D eigenvalue weighted by atomic mass is 19.4. The first-order valence-electron chi connectivity index (χ1n) is 7.93. The topological polar surface area (TPSA) is 75.4 Å². The smallest absolute Gasteiger partial charge is 0.416 e. The SMILES string of the molecule is Cc1c(C(=O)N2CC[C@H](C(=O)O)C2)cnn1-c1cccc(C(F)(F)F)c1. The molecule has 0 saturated carbocycles. The van der Waals surface area contributed by atoms with Gasteiger partial charge < -0.3 is 10.0 Å². The van der Waals surface area contributed by atoms with Crippen LogP contribution in [0.3, 0.4) is 0 Å². The third-order valence-electron chi connectivity index (χ3n) is 4.48. The van der Waals surface area contributed by atoms with Gasteiger partial charge in [-0.1, -0.05) is 6.07 Å². The number of amides is 1. The van der Waals surface area contributed by atoms with Crippen molar-refractivity contribution in [3.8, 4) is 5.69 Å². The van der Waals surface area contributed by atoms with E-state index in [4.69, 9.17) is 5.11 Å². The molecule has 26 heavy (non-hydrogen) atoms. The van der Waals surface area contributed by atoms with E-state index in [2.05, 4.69) is 5.10 Å². The number of alkyl halides is 3. The number of carbonyl (C=O) groups is 2. The van der Waals surface area contributed by atoms with Crippen LogP contribution < -0.4 is 0 Å². The third-order valence-corrected chi connectivity index (χ3v) is 4.48. The van der Waals surface area contributed by atoms with Crippen molar-refractivity contribution < 1.29 is 27.9 Å². The van der Waals surface area contributed by atoms with Crippen molar-refractivity contribution in [3.05, 3.63) is 47.3 Å². The molecular weight excluding hydrogens is 351 g/mol. The summed E-state index contributed by atoms with van der Waals surface area (Å²) in [5.74, 6) is -1.92. The summed E-state index contributed by atoms with van der Waals surface area (Å²) in [5, 5.41) is 13.1. The molecule has 1 saturated heterocycles. The first kappa shape index (κ1) is 18.0. The number of aliphatic carboxylic acids is 1. The van der Waals surface area contributed by atoms with Crippen molar-refractivity contribution in [2.45, 2.75) is 19.5 Å². The van der Waals surface area contributed by atoms with Crippen LogP contribution >= 0.6 is 0 Å². The van der Waals surface area contributed by atoms with E-state index in [1.54, 1.807) is 6.92 Å². The van der Waals surface area contributed by atoms with Gasteiger partial charge in [-0.3, -0.25) is 9.59 Å². The van der Waals surface area contributed by atoms with Crippen molar-refractivity contribution in [1.29, 1.82) is 0 Å². The monoisotopic (exact) mass is 367 g/mol. The van der Waals surface area contributed by atoms with E-state index in [-0.39, 0.29) is 23.7 Å². The Bertz CT molecular complexity index is 860. The predicted molar refractivity (Wildman–Crippen MR) is 84.9 cm³/mol. The number of aromatic nitrogens is 2. The van der Waals surface area contributed by atoms with Gasteiger partial charge in [-0.25, -0.2) is 4.68 Å². The van der Waals surface area contributed by atoms with Gasteiger partial charge in [-0.15, -0.1) is 0 Å². The molecule has 2 heterocycles. The van der Waals surface area contributed by atoms with E-state index < -0.39 is 23.6 Å². The summed E-state index contributed by atoms with van der Waals surface area (Å²) < 4.78 is 39.9. The zero-order valence-electron chi connectivity index (χ0n) is 13.8. The second kappa shape index (κ2) is 6.47. The van der Waals surface area contributed by atoms with Gasteiger partial charge in [0.25, 0.3) is 5.91 Å². The molecule has 6 nitrogen and oxygen atoms in total. The molecule has 3 rings (SSSR count). The van der Waals surface area contributed by atoms with Crippen molar-refractivity contribution in [2.75, 3.05) is 13.1 Å². The number of likely N-dealkylation sites (tertiary alicyclic amines) is 1. The van der Waals surface area contributed by atoms with Gasteiger partial charge in [0.2, 0.25) is 0 Å². The van der Waals surface area contributed by atoms with E-state index in [9.17, 15) is 22.8 Å². The molecule has 0 radical (unpaired) electrons. The number of benzene rings is 1. The van der Waals surface area contributed by atoms with Crippen LogP contribution in [0.2, 0.25) is 0 Å². The summed E-state index contributed by atoms with van der Waals surface area (Å²) in [4.78, 5) is 25.1. The highest BCUT2D eigenvalue weighted by molar-refractivity contribution is 5.95. The molecule has 138 valence electrons. The first-order chi connectivity index (χ1) is 12.2. The quantitative estimate of drug-likeness (QED) is 0.905. The number of carboxylic acid groups (broad SMARTS) is 1. The Hall–Kier alpha value is -2.84. The summed E-state index contributed by atoms with van der Waals surface area (Å²) in [6.45, 7) is 2.03. The highest BCUT2D eigenvalue weighted by Gasteiger charge is 2.33. The standard InChI is InChI=1S/C17H16F3N3O3/c1-10-14(15(24)22-6-5-11(9-22)16(25)26)8-21-23(10)13-4-2-3-12(7-13)17(18,19)20/h2-4,7-8,11H,5-6,9H2,1H3,(H,25,26)/t11-/m0/s1. The maximum absolute atomic E-state index is 12.9. The second-order valence-corrected chi connectivity index (χ2v) is 6.18. The minimum absolute atomic E-state index is 0.113. The average Bonchev–Trinajstić information content (AvgIpc) is 3.21. The van der Waals surface area contributed by atoms with Gasteiger partial charge >= 0.3 is 12.1 Å². The summed E-state index contributed by atoms with van der Waals surface area (Å²) in [7, 11) is 0. The van der Waals surface area contributed by atoms with Crippen LogP contribution in [0.15, 0.2) is 30.5 Å². The van der Waals surface area contributed by atoms with Crippen LogP contribution in [0.1, 0.15) is 28.0 Å². The van der Waals surface area contributed by atoms with Crippen LogP contribution in [-0.2, 0) is 11.0 Å². The zero-order valence-corrected chi connectivity index (χ0v) is 13.8. The summed E-state index contributed by atoms with van der Waals surface area (Å²) >= 11 is 0. The highest BCUT2D eigenvalue weighted by Crippen LogP contribution is 2.30. The number of nitrogens with zero attached hydrogens (tertiary/aromatic N) is 3. The number of carboxylic acids is 1. The number of carbonyl (C=O) groups excluding carboxylic acids is 1. The van der Waals surface area contributed by atoms with Gasteiger partial charge in [-0.05, 0) is 31.5 Å². The fraction of sp³-hybridized carbons (Fsp3) is 0.353. The fourth-order valence-electron chi connectivity index (χ4n) is 3.01. The van der Waals surface area contributed by atoms with E-state index in [0.29, 0.717) is 18.7 Å². The Morgan fingerprint density at radius 3 is 2.65 bits per heavy atom. The average molecular weight is 367 g/mol. The maximum atomic E-state index is 12.9. The molecular formula is C17H16F3N3O3. The molecule has 1 aliphatic rings. The molecule has 1 N–H and O–H groups in total. The van der Waals surface area contributed by atoms with Crippen molar-refractivity contribution in [3.63, 3.8) is 0 Å². The minimum Gasteiger partial charge on any atom is -0.481 e. The zero-order chi connectivity index (χ0) is 19.1. The minimum atomic E-state index is -4.48. The number of hydrogen-bond donors (Lipinski definition) is 1. The van der Waals surface area contributed by atoms with Crippen LogP contribution in [0.5, 0.6) is 0 Å². The predicted octanol–water partition coefficient (Wildman–Crippen LogP) is 2.75. The molecule has 9 heteroatoms. The molecule has 1 aliphatic heterocycles. The number of hydrogen-bond acceptors (Lipinski definition) is 3. The number of rotatable bonds is 3. The Morgan fingerprint density at radius 2 is 2.04 bits per heavy atom. The first-order valence-corrected chi connectivity index (χ1v) is 7.93. The van der Waals surface area contributed by atoms with Gasteiger partial charge in [0, 0.05) is 13.1 Å². The van der Waals surface area contributed by atoms with Gasteiger partial charge in [0.1, 0.15) is 0 Å². The van der Waals surface area contributed by atoms with Crippen LogP contribution in [0.25, 0.3) is 5.69 Å². The maximum Gasteiger partial charge on any atom is 0.416 e. The van der Waals surface area contributed by atoms with Crippen molar-refractivity contribution >= 4 is 11.9 Å². The Morgan fingerprint density at radius 1 is 1.31 bits per heavy atom. The lowest BCUT2D eigenvalue weighted by Gasteiger charge is -2.15. The van der Waals surface area contributed by atoms with Crippen LogP contribution in [0, 0.1) is 12.8 Å². The lowest BCUT2D eigenvalue weighted by Crippen LogP contribution is -2.30. The van der Waals surface area contributed by atoms with Crippen molar-refractivity contribution in [1.82, 2.24) is 14.7 Å². The lowest BCUT2D eigenvalue weighted by atomic mass is 10.1. The largest absolute Gasteiger partial charge is 0.481 e. The molecule has 1 aromatic carbocycles. The van der Waals surface area contributed by atoms with Gasteiger partial charge in [0.05, 0.1) is 34.6 Å². The van der Waals surface area contributed by atoms with Crippen LogP contribution in [-0.4, -0.2) is 44.8 Å². The molecule has 2 aromatic rings. The van der Waals surface area contributed by atoms with Crippen molar-refractivity contribution in [2.24, 2.45) is 5.92 Å². The molecule has 0 spiro atoms. The van der Waals surface area contributed by atoms with Gasteiger partial charge in [0.15, 0.2) is 0 Å². The summed E-state index contributed by atoms with van der Waals surface area (Å²) in [6, 6.07) is 4.67. The van der Waals surface area contributed by atoms with Gasteiger partial charge in [-0.2, -0.15) is 18.3 Å². The molecule has 1 atom stereocenters. The Labute approximate surface area is 146 Å². The lowest BCUT2D eigenvalue weighted by molar-refractivity contribution is -0.141. The molecule has 1 aromatic heterocycles. The molecule has 1 fully saturated rings. The molecule has 0 bridgehead atoms. The van der Waals surface area contributed by atoms with E-state index in [0.717, 1.165) is 12.1 Å². The second-order valence-electron chi connectivity index (χ2n) is 6.18. The Kier molecular flexibility index (Phi) is 4.47.